The Morgan fingerprint density at radius 1 is 1.15 bits per heavy atom. The van der Waals surface area contributed by atoms with Crippen LogP contribution in [0.1, 0.15) is 52.0 Å². The molecule has 0 spiro atoms. The van der Waals surface area contributed by atoms with Gasteiger partial charge in [-0.1, -0.05) is 25.3 Å². The standard InChI is InChI=1S/C17H26O3/c1-4-19-15-10-9-14(11-16(15)20-5-2)17(3,18)12-13-7-6-8-13/h9-11,13,18H,4-8,12H2,1-3H3. The van der Waals surface area contributed by atoms with Gasteiger partial charge in [0.2, 0.25) is 0 Å². The molecule has 112 valence electrons. The Morgan fingerprint density at radius 2 is 1.80 bits per heavy atom. The molecule has 1 fully saturated rings. The summed E-state index contributed by atoms with van der Waals surface area (Å²) in [6.07, 6.45) is 4.61. The second kappa shape index (κ2) is 6.49. The molecule has 1 aromatic rings. The van der Waals surface area contributed by atoms with Gasteiger partial charge in [-0.2, -0.15) is 0 Å². The average Bonchev–Trinajstić information content (AvgIpc) is 2.37. The SMILES string of the molecule is CCOc1ccc(C(C)(O)CC2CCC2)cc1OCC. The molecule has 1 aliphatic carbocycles. The molecule has 0 saturated heterocycles. The van der Waals surface area contributed by atoms with Crippen molar-refractivity contribution in [3.05, 3.63) is 23.8 Å². The van der Waals surface area contributed by atoms with Crippen LogP contribution >= 0.6 is 0 Å². The van der Waals surface area contributed by atoms with Crippen molar-refractivity contribution in [2.24, 2.45) is 5.92 Å². The van der Waals surface area contributed by atoms with Crippen LogP contribution in [0.25, 0.3) is 0 Å². The van der Waals surface area contributed by atoms with Gasteiger partial charge in [-0.25, -0.2) is 0 Å². The van der Waals surface area contributed by atoms with E-state index in [-0.39, 0.29) is 0 Å². The third-order valence-electron chi connectivity index (χ3n) is 4.08. The van der Waals surface area contributed by atoms with Gasteiger partial charge in [0.25, 0.3) is 0 Å². The zero-order valence-corrected chi connectivity index (χ0v) is 12.8. The van der Waals surface area contributed by atoms with Gasteiger partial charge < -0.3 is 14.6 Å². The molecule has 1 aromatic carbocycles. The first-order valence-corrected chi connectivity index (χ1v) is 7.69. The lowest BCUT2D eigenvalue weighted by Crippen LogP contribution is -2.28. The van der Waals surface area contributed by atoms with Crippen LogP contribution in [0, 0.1) is 5.92 Å². The highest BCUT2D eigenvalue weighted by Crippen LogP contribution is 2.40. The number of aliphatic hydroxyl groups is 1. The molecule has 3 heteroatoms. The smallest absolute Gasteiger partial charge is 0.161 e. The molecule has 0 radical (unpaired) electrons. The van der Waals surface area contributed by atoms with Crippen LogP contribution in [0.2, 0.25) is 0 Å². The summed E-state index contributed by atoms with van der Waals surface area (Å²) in [5.41, 5.74) is 0.123. The van der Waals surface area contributed by atoms with Crippen LogP contribution in [0.4, 0.5) is 0 Å². The Balaban J connectivity index is 2.19. The van der Waals surface area contributed by atoms with E-state index in [1.807, 2.05) is 39.0 Å². The molecular formula is C17H26O3. The maximum Gasteiger partial charge on any atom is 0.161 e. The Morgan fingerprint density at radius 3 is 2.35 bits per heavy atom. The summed E-state index contributed by atoms with van der Waals surface area (Å²) in [7, 11) is 0. The highest BCUT2D eigenvalue weighted by Gasteiger charge is 2.31. The van der Waals surface area contributed by atoms with Crippen LogP contribution in [0.3, 0.4) is 0 Å². The number of benzene rings is 1. The van der Waals surface area contributed by atoms with Gasteiger partial charge in [0.05, 0.1) is 18.8 Å². The Bertz CT molecular complexity index is 436. The van der Waals surface area contributed by atoms with E-state index >= 15 is 0 Å². The number of ether oxygens (including phenoxy) is 2. The van der Waals surface area contributed by atoms with E-state index in [0.717, 1.165) is 23.5 Å². The highest BCUT2D eigenvalue weighted by molar-refractivity contribution is 5.44. The third-order valence-corrected chi connectivity index (χ3v) is 4.08. The van der Waals surface area contributed by atoms with E-state index < -0.39 is 5.60 Å². The van der Waals surface area contributed by atoms with Crippen molar-refractivity contribution in [1.82, 2.24) is 0 Å². The zero-order chi connectivity index (χ0) is 14.6. The second-order valence-corrected chi connectivity index (χ2v) is 5.80. The van der Waals surface area contributed by atoms with Gasteiger partial charge in [0, 0.05) is 0 Å². The fraction of sp³-hybridized carbons (Fsp3) is 0.647. The van der Waals surface area contributed by atoms with Crippen LogP contribution in [0.15, 0.2) is 18.2 Å². The summed E-state index contributed by atoms with van der Waals surface area (Å²) in [4.78, 5) is 0. The molecule has 0 amide bonds. The van der Waals surface area contributed by atoms with Gasteiger partial charge in [-0.15, -0.1) is 0 Å². The summed E-state index contributed by atoms with van der Waals surface area (Å²) in [5.74, 6) is 2.13. The van der Waals surface area contributed by atoms with Crippen LogP contribution in [-0.4, -0.2) is 18.3 Å². The molecule has 0 aliphatic heterocycles. The van der Waals surface area contributed by atoms with E-state index in [9.17, 15) is 5.11 Å². The van der Waals surface area contributed by atoms with Crippen LogP contribution in [0.5, 0.6) is 11.5 Å². The van der Waals surface area contributed by atoms with Crippen molar-refractivity contribution >= 4 is 0 Å². The third kappa shape index (κ3) is 3.45. The first-order valence-electron chi connectivity index (χ1n) is 7.69. The summed E-state index contributed by atoms with van der Waals surface area (Å²) in [6.45, 7) is 7.01. The fourth-order valence-corrected chi connectivity index (χ4v) is 2.76. The number of rotatable bonds is 7. The minimum Gasteiger partial charge on any atom is -0.490 e. The van der Waals surface area contributed by atoms with Gasteiger partial charge in [-0.05, 0) is 50.8 Å². The van der Waals surface area contributed by atoms with E-state index in [0.29, 0.717) is 19.1 Å². The normalized spacial score (nSPS) is 18.2. The maximum absolute atomic E-state index is 10.7. The molecule has 1 aliphatic rings. The van der Waals surface area contributed by atoms with Gasteiger partial charge in [-0.3, -0.25) is 0 Å². The van der Waals surface area contributed by atoms with Gasteiger partial charge in [0.1, 0.15) is 0 Å². The lowest BCUT2D eigenvalue weighted by Gasteiger charge is -2.34. The van der Waals surface area contributed by atoms with Crippen molar-refractivity contribution in [3.63, 3.8) is 0 Å². The molecule has 0 bridgehead atoms. The van der Waals surface area contributed by atoms with E-state index in [1.54, 1.807) is 0 Å². The Labute approximate surface area is 121 Å². The fourth-order valence-electron chi connectivity index (χ4n) is 2.76. The molecule has 0 aromatic heterocycles. The minimum atomic E-state index is -0.790. The molecule has 1 saturated carbocycles. The van der Waals surface area contributed by atoms with E-state index in [4.69, 9.17) is 9.47 Å². The van der Waals surface area contributed by atoms with E-state index in [1.165, 1.54) is 19.3 Å². The van der Waals surface area contributed by atoms with Gasteiger partial charge >= 0.3 is 0 Å². The van der Waals surface area contributed by atoms with E-state index in [2.05, 4.69) is 0 Å². The summed E-state index contributed by atoms with van der Waals surface area (Å²) >= 11 is 0. The molecule has 2 rings (SSSR count). The average molecular weight is 278 g/mol. The largest absolute Gasteiger partial charge is 0.490 e. The highest BCUT2D eigenvalue weighted by atomic mass is 16.5. The van der Waals surface area contributed by atoms with Crippen molar-refractivity contribution in [1.29, 1.82) is 0 Å². The number of hydrogen-bond acceptors (Lipinski definition) is 3. The second-order valence-electron chi connectivity index (χ2n) is 5.80. The van der Waals surface area contributed by atoms with Crippen molar-refractivity contribution in [3.8, 4) is 11.5 Å². The summed E-state index contributed by atoms with van der Waals surface area (Å²) in [6, 6.07) is 5.78. The van der Waals surface area contributed by atoms with Crippen molar-refractivity contribution in [2.75, 3.05) is 13.2 Å². The van der Waals surface area contributed by atoms with Gasteiger partial charge in [0.15, 0.2) is 11.5 Å². The summed E-state index contributed by atoms with van der Waals surface area (Å²) in [5, 5.41) is 10.7. The van der Waals surface area contributed by atoms with Crippen LogP contribution < -0.4 is 9.47 Å². The van der Waals surface area contributed by atoms with Crippen LogP contribution in [-0.2, 0) is 5.60 Å². The monoisotopic (exact) mass is 278 g/mol. The molecule has 0 heterocycles. The maximum atomic E-state index is 10.7. The molecule has 3 nitrogen and oxygen atoms in total. The topological polar surface area (TPSA) is 38.7 Å². The molecule has 20 heavy (non-hydrogen) atoms. The predicted octanol–water partition coefficient (Wildman–Crippen LogP) is 3.88. The first-order chi connectivity index (χ1) is 9.56. The first kappa shape index (κ1) is 15.2. The molecule has 1 N–H and O–H groups in total. The quantitative estimate of drug-likeness (QED) is 0.822. The lowest BCUT2D eigenvalue weighted by atomic mass is 9.76. The zero-order valence-electron chi connectivity index (χ0n) is 12.8. The number of hydrogen-bond donors (Lipinski definition) is 1. The predicted molar refractivity (Wildman–Crippen MR) is 80.3 cm³/mol. The van der Waals surface area contributed by atoms with Crippen molar-refractivity contribution < 1.29 is 14.6 Å². The Hall–Kier alpha value is -1.22. The minimum absolute atomic E-state index is 0.592. The molecule has 1 atom stereocenters. The van der Waals surface area contributed by atoms with Crippen molar-refractivity contribution in [2.45, 2.75) is 52.1 Å². The molecular weight excluding hydrogens is 252 g/mol. The Kier molecular flexibility index (Phi) is 4.92. The lowest BCUT2D eigenvalue weighted by molar-refractivity contribution is 0.0159. The summed E-state index contributed by atoms with van der Waals surface area (Å²) < 4.78 is 11.2. The molecule has 1 unspecified atom stereocenters.